The predicted octanol–water partition coefficient (Wildman–Crippen LogP) is 3.87. The summed E-state index contributed by atoms with van der Waals surface area (Å²) in [5.74, 6) is 0.439. The lowest BCUT2D eigenvalue weighted by molar-refractivity contribution is 0.0270. The van der Waals surface area contributed by atoms with Crippen LogP contribution >= 0.6 is 0 Å². The van der Waals surface area contributed by atoms with E-state index in [9.17, 15) is 14.7 Å². The molecule has 0 spiro atoms. The Hall–Kier alpha value is -3.13. The van der Waals surface area contributed by atoms with Crippen LogP contribution in [0.1, 0.15) is 68.8 Å². The molecule has 1 aliphatic heterocycles. The highest BCUT2D eigenvalue weighted by Gasteiger charge is 2.62. The first kappa shape index (κ1) is 24.6. The average molecular weight is 493 g/mol. The van der Waals surface area contributed by atoms with Crippen molar-refractivity contribution >= 4 is 17.8 Å². The number of amides is 2. The molecule has 2 aliphatic carbocycles. The predicted molar refractivity (Wildman–Crippen MR) is 137 cm³/mol. The summed E-state index contributed by atoms with van der Waals surface area (Å²) in [6, 6.07) is 10.2. The molecular weight excluding hydrogens is 456 g/mol. The van der Waals surface area contributed by atoms with Gasteiger partial charge in [0.2, 0.25) is 0 Å². The van der Waals surface area contributed by atoms with Gasteiger partial charge in [0.1, 0.15) is 11.4 Å². The van der Waals surface area contributed by atoms with E-state index in [4.69, 9.17) is 10.5 Å². The number of carbonyl (C=O) groups is 2. The van der Waals surface area contributed by atoms with Crippen molar-refractivity contribution < 1.29 is 19.4 Å². The zero-order valence-corrected chi connectivity index (χ0v) is 21.3. The zero-order chi connectivity index (χ0) is 25.7. The number of nitrogens with two attached hydrogens (primary N) is 1. The van der Waals surface area contributed by atoms with Crippen LogP contribution in [-0.4, -0.2) is 57.8 Å². The third-order valence-corrected chi connectivity index (χ3v) is 7.79. The molecule has 4 N–H and O–H groups in total. The topological polar surface area (TPSA) is 118 Å². The number of benzene rings is 1. The third kappa shape index (κ3) is 4.91. The number of aliphatic hydroxyl groups excluding tert-OH is 1. The number of nitrogen functional groups attached to an aromatic ring is 1. The van der Waals surface area contributed by atoms with Crippen LogP contribution < -0.4 is 11.1 Å². The average Bonchev–Trinajstić information content (AvgIpc) is 3.40. The molecule has 1 aromatic heterocycles. The second kappa shape index (κ2) is 9.07. The van der Waals surface area contributed by atoms with Crippen LogP contribution in [0.5, 0.6) is 0 Å². The summed E-state index contributed by atoms with van der Waals surface area (Å²) in [5.41, 5.74) is 8.93. The summed E-state index contributed by atoms with van der Waals surface area (Å²) in [7, 11) is 0. The van der Waals surface area contributed by atoms with E-state index in [0.29, 0.717) is 30.9 Å². The molecule has 8 nitrogen and oxygen atoms in total. The van der Waals surface area contributed by atoms with Gasteiger partial charge in [-0.05, 0) is 76.0 Å². The monoisotopic (exact) mass is 492 g/mol. The molecule has 2 heterocycles. The number of anilines is 1. The Morgan fingerprint density at radius 1 is 1.14 bits per heavy atom. The van der Waals surface area contributed by atoms with Crippen molar-refractivity contribution in [2.24, 2.45) is 5.92 Å². The lowest BCUT2D eigenvalue weighted by Gasteiger charge is -2.26. The van der Waals surface area contributed by atoms with Gasteiger partial charge < -0.3 is 25.8 Å². The summed E-state index contributed by atoms with van der Waals surface area (Å²) in [6.45, 7) is 7.07. The molecule has 0 bridgehead atoms. The van der Waals surface area contributed by atoms with E-state index in [1.807, 2.05) is 37.8 Å². The molecule has 2 aromatic rings. The number of hydrogen-bond donors (Lipinski definition) is 3. The number of pyridine rings is 1. The molecule has 2 saturated carbocycles. The van der Waals surface area contributed by atoms with Crippen molar-refractivity contribution in [1.82, 2.24) is 15.2 Å². The molecule has 1 aromatic carbocycles. The van der Waals surface area contributed by atoms with Crippen molar-refractivity contribution in [3.8, 4) is 11.1 Å². The van der Waals surface area contributed by atoms with Crippen LogP contribution in [0.3, 0.4) is 0 Å². The van der Waals surface area contributed by atoms with Gasteiger partial charge in [-0.15, -0.1) is 0 Å². The standard InChI is InChI=1S/C28H36N4O4/c1-27(2,3)36-26(35)32-15-20-13-28(20,16-32)19-6-4-17(5-7-19)18-12-23(24(29)30-14-18)25(34)31-21-8-10-22(33)11-9-21/h4-7,12,14,20-22,33H,8-11,13,15-16H2,1-3H3,(H2,29,30)(H,31,34)/t20-,21?,22?,28+/m0/s1. The Morgan fingerprint density at radius 2 is 1.83 bits per heavy atom. The van der Waals surface area contributed by atoms with Crippen molar-refractivity contribution in [3.63, 3.8) is 0 Å². The maximum atomic E-state index is 12.9. The molecule has 2 amide bonds. The van der Waals surface area contributed by atoms with E-state index < -0.39 is 5.60 Å². The minimum atomic E-state index is -0.500. The number of hydrogen-bond acceptors (Lipinski definition) is 6. The fourth-order valence-corrected chi connectivity index (χ4v) is 5.69. The summed E-state index contributed by atoms with van der Waals surface area (Å²) in [5, 5.41) is 12.8. The second-order valence-corrected chi connectivity index (χ2v) is 11.6. The number of likely N-dealkylation sites (tertiary alicyclic amines) is 1. The van der Waals surface area contributed by atoms with Gasteiger partial charge in [0.05, 0.1) is 11.7 Å². The Bertz CT molecular complexity index is 1150. The number of nitrogens with zero attached hydrogens (tertiary/aromatic N) is 2. The van der Waals surface area contributed by atoms with Gasteiger partial charge in [0.25, 0.3) is 5.91 Å². The van der Waals surface area contributed by atoms with E-state index in [1.165, 1.54) is 5.56 Å². The summed E-state index contributed by atoms with van der Waals surface area (Å²) >= 11 is 0. The van der Waals surface area contributed by atoms with Gasteiger partial charge in [-0.1, -0.05) is 24.3 Å². The Morgan fingerprint density at radius 3 is 2.50 bits per heavy atom. The summed E-state index contributed by atoms with van der Waals surface area (Å²) in [4.78, 5) is 31.6. The number of fused-ring (bicyclic) bond motifs is 1. The minimum absolute atomic E-state index is 0.00736. The molecule has 3 aliphatic rings. The third-order valence-electron chi connectivity index (χ3n) is 7.79. The number of carbonyl (C=O) groups excluding carboxylic acids is 2. The number of aromatic nitrogens is 1. The largest absolute Gasteiger partial charge is 0.444 e. The van der Waals surface area contributed by atoms with Crippen LogP contribution in [0.25, 0.3) is 11.1 Å². The molecule has 0 radical (unpaired) electrons. The Labute approximate surface area is 212 Å². The highest BCUT2D eigenvalue weighted by molar-refractivity contribution is 5.99. The number of ether oxygens (including phenoxy) is 1. The molecule has 0 unspecified atom stereocenters. The molecule has 8 heteroatoms. The van der Waals surface area contributed by atoms with Gasteiger partial charge in [-0.2, -0.15) is 0 Å². The summed E-state index contributed by atoms with van der Waals surface area (Å²) < 4.78 is 5.57. The van der Waals surface area contributed by atoms with Crippen molar-refractivity contribution in [3.05, 3.63) is 47.7 Å². The van der Waals surface area contributed by atoms with E-state index in [-0.39, 0.29) is 35.4 Å². The summed E-state index contributed by atoms with van der Waals surface area (Å²) in [6.07, 6.45) is 5.17. The highest BCUT2D eigenvalue weighted by Crippen LogP contribution is 2.59. The van der Waals surface area contributed by atoms with Crippen molar-refractivity contribution in [1.29, 1.82) is 0 Å². The molecule has 1 saturated heterocycles. The Kier molecular flexibility index (Phi) is 6.19. The maximum Gasteiger partial charge on any atom is 0.410 e. The quantitative estimate of drug-likeness (QED) is 0.596. The molecule has 36 heavy (non-hydrogen) atoms. The van der Waals surface area contributed by atoms with Crippen LogP contribution in [0.4, 0.5) is 10.6 Å². The minimum Gasteiger partial charge on any atom is -0.444 e. The Balaban J connectivity index is 1.27. The lowest BCUT2D eigenvalue weighted by Crippen LogP contribution is -2.38. The SMILES string of the molecule is CC(C)(C)OC(=O)N1C[C@@H]2C[C@]2(c2ccc(-c3cnc(N)c(C(=O)NC4CCC(O)CC4)c3)cc2)C1. The zero-order valence-electron chi connectivity index (χ0n) is 21.3. The van der Waals surface area contributed by atoms with Crippen molar-refractivity contribution in [2.75, 3.05) is 18.8 Å². The molecule has 5 rings (SSSR count). The fraction of sp³-hybridized carbons (Fsp3) is 0.536. The first-order chi connectivity index (χ1) is 17.0. The van der Waals surface area contributed by atoms with Gasteiger partial charge in [-0.3, -0.25) is 4.79 Å². The lowest BCUT2D eigenvalue weighted by atomic mass is 9.92. The van der Waals surface area contributed by atoms with E-state index >= 15 is 0 Å². The van der Waals surface area contributed by atoms with Crippen molar-refractivity contribution in [2.45, 2.75) is 76.0 Å². The van der Waals surface area contributed by atoms with Crippen LogP contribution in [0.15, 0.2) is 36.5 Å². The molecule has 3 fully saturated rings. The van der Waals surface area contributed by atoms with E-state index in [2.05, 4.69) is 22.4 Å². The van der Waals surface area contributed by atoms with Gasteiger partial charge in [0, 0.05) is 36.3 Å². The van der Waals surface area contributed by atoms with Crippen LogP contribution in [0.2, 0.25) is 0 Å². The molecular formula is C28H36N4O4. The van der Waals surface area contributed by atoms with E-state index in [0.717, 1.165) is 36.9 Å². The highest BCUT2D eigenvalue weighted by atomic mass is 16.6. The second-order valence-electron chi connectivity index (χ2n) is 11.6. The first-order valence-electron chi connectivity index (χ1n) is 12.9. The normalized spacial score (nSPS) is 27.3. The molecule has 2 atom stereocenters. The fourth-order valence-electron chi connectivity index (χ4n) is 5.69. The number of piperidine rings is 1. The van der Waals surface area contributed by atoms with Gasteiger partial charge in [0.15, 0.2) is 0 Å². The number of aliphatic hydroxyl groups is 1. The van der Waals surface area contributed by atoms with Crippen LogP contribution in [-0.2, 0) is 10.2 Å². The number of nitrogens with one attached hydrogen (secondary N) is 1. The van der Waals surface area contributed by atoms with Gasteiger partial charge in [-0.25, -0.2) is 9.78 Å². The number of rotatable bonds is 4. The molecule has 192 valence electrons. The maximum absolute atomic E-state index is 12.9. The van der Waals surface area contributed by atoms with Gasteiger partial charge >= 0.3 is 6.09 Å². The smallest absolute Gasteiger partial charge is 0.410 e. The first-order valence-corrected chi connectivity index (χ1v) is 12.9. The van der Waals surface area contributed by atoms with Crippen LogP contribution in [0, 0.1) is 5.92 Å². The van der Waals surface area contributed by atoms with E-state index in [1.54, 1.807) is 12.3 Å².